The molecule has 2 N–H and O–H groups in total. The maximum absolute atomic E-state index is 13.1. The van der Waals surface area contributed by atoms with E-state index < -0.39 is 47.6 Å². The van der Waals surface area contributed by atoms with Crippen LogP contribution in [0.5, 0.6) is 0 Å². The van der Waals surface area contributed by atoms with Gasteiger partial charge in [-0.2, -0.15) is 0 Å². The molecule has 3 aromatic carbocycles. The minimum atomic E-state index is -1.21. The Labute approximate surface area is 274 Å². The van der Waals surface area contributed by atoms with Gasteiger partial charge in [0.25, 0.3) is 0 Å². The number of alkyl carbamates (subject to hydrolysis) is 1. The van der Waals surface area contributed by atoms with E-state index in [2.05, 4.69) is 10.6 Å². The summed E-state index contributed by atoms with van der Waals surface area (Å²) >= 11 is 0. The minimum Gasteiger partial charge on any atom is -0.461 e. The predicted molar refractivity (Wildman–Crippen MR) is 172 cm³/mol. The van der Waals surface area contributed by atoms with Crippen LogP contribution >= 0.6 is 0 Å². The van der Waals surface area contributed by atoms with Gasteiger partial charge in [-0.3, -0.25) is 9.59 Å². The molecule has 0 aliphatic heterocycles. The van der Waals surface area contributed by atoms with Crippen LogP contribution in [0, 0.1) is 0 Å². The molecule has 250 valence electrons. The average Bonchev–Trinajstić information content (AvgIpc) is 3.05. The molecule has 2 amide bonds. The molecule has 0 aliphatic carbocycles. The van der Waals surface area contributed by atoms with Crippen molar-refractivity contribution >= 4 is 29.9 Å². The van der Waals surface area contributed by atoms with Crippen molar-refractivity contribution in [3.63, 3.8) is 0 Å². The normalized spacial score (nSPS) is 12.1. The lowest BCUT2D eigenvalue weighted by molar-refractivity contribution is -0.151. The van der Waals surface area contributed by atoms with E-state index in [0.717, 1.165) is 16.7 Å². The van der Waals surface area contributed by atoms with Crippen LogP contribution in [0.4, 0.5) is 4.79 Å². The molecular formula is C36H42N2O9. The zero-order chi connectivity index (χ0) is 34.1. The van der Waals surface area contributed by atoms with Gasteiger partial charge in [0.05, 0.1) is 0 Å². The standard InChI is InChI=1S/C36H42N2O9/c1-36(2,3)47-35(43)38-30(34(42)46-25-28-17-11-6-12-18-28)19-21-31(39)37-29(33(41)45-24-27-15-9-5-10-16-27)20-22-32(40)44-23-26-13-7-4-8-14-26/h4-18,29-30H,19-25H2,1-3H3,(H,37,39)(H,38,43)/t29-,30-/m0/s1. The summed E-state index contributed by atoms with van der Waals surface area (Å²) in [5.41, 5.74) is 1.48. The predicted octanol–water partition coefficient (Wildman–Crippen LogP) is 5.16. The monoisotopic (exact) mass is 646 g/mol. The number of hydrogen-bond donors (Lipinski definition) is 2. The molecule has 0 saturated heterocycles. The zero-order valence-electron chi connectivity index (χ0n) is 26.9. The molecule has 3 aromatic rings. The number of amides is 2. The second-order valence-corrected chi connectivity index (χ2v) is 11.7. The summed E-state index contributed by atoms with van der Waals surface area (Å²) in [5.74, 6) is -2.64. The summed E-state index contributed by atoms with van der Waals surface area (Å²) in [6.07, 6.45) is -1.50. The fourth-order valence-corrected chi connectivity index (χ4v) is 4.22. The smallest absolute Gasteiger partial charge is 0.408 e. The number of carbonyl (C=O) groups is 5. The van der Waals surface area contributed by atoms with Gasteiger partial charge in [-0.05, 0) is 50.3 Å². The van der Waals surface area contributed by atoms with Crippen molar-refractivity contribution in [1.29, 1.82) is 0 Å². The van der Waals surface area contributed by atoms with Crippen LogP contribution in [-0.2, 0) is 57.9 Å². The lowest BCUT2D eigenvalue weighted by Gasteiger charge is -2.23. The highest BCUT2D eigenvalue weighted by molar-refractivity contribution is 5.86. The molecule has 0 aromatic heterocycles. The average molecular weight is 647 g/mol. The molecule has 0 fully saturated rings. The number of nitrogens with one attached hydrogen (secondary N) is 2. The summed E-state index contributed by atoms with van der Waals surface area (Å²) < 4.78 is 21.4. The van der Waals surface area contributed by atoms with Crippen LogP contribution in [0.15, 0.2) is 91.0 Å². The molecule has 0 spiro atoms. The highest BCUT2D eigenvalue weighted by Gasteiger charge is 2.28. The zero-order valence-corrected chi connectivity index (χ0v) is 26.9. The van der Waals surface area contributed by atoms with E-state index in [1.807, 2.05) is 42.5 Å². The van der Waals surface area contributed by atoms with Crippen LogP contribution in [0.25, 0.3) is 0 Å². The van der Waals surface area contributed by atoms with Crippen molar-refractivity contribution in [2.45, 2.75) is 84.0 Å². The van der Waals surface area contributed by atoms with Crippen LogP contribution < -0.4 is 10.6 Å². The van der Waals surface area contributed by atoms with Gasteiger partial charge in [-0.25, -0.2) is 14.4 Å². The molecular weight excluding hydrogens is 604 g/mol. The van der Waals surface area contributed by atoms with Gasteiger partial charge >= 0.3 is 24.0 Å². The van der Waals surface area contributed by atoms with E-state index in [4.69, 9.17) is 18.9 Å². The summed E-state index contributed by atoms with van der Waals surface area (Å²) in [6, 6.07) is 24.8. The third kappa shape index (κ3) is 14.6. The molecule has 0 unspecified atom stereocenters. The van der Waals surface area contributed by atoms with Crippen molar-refractivity contribution in [1.82, 2.24) is 10.6 Å². The Morgan fingerprint density at radius 3 is 1.43 bits per heavy atom. The number of rotatable bonds is 16. The minimum absolute atomic E-state index is 0.0281. The highest BCUT2D eigenvalue weighted by atomic mass is 16.6. The van der Waals surface area contributed by atoms with Crippen molar-refractivity contribution in [3.05, 3.63) is 108 Å². The van der Waals surface area contributed by atoms with E-state index in [1.165, 1.54) is 0 Å². The first kappa shape index (κ1) is 36.3. The Kier molecular flexibility index (Phi) is 14.4. The third-order valence-electron chi connectivity index (χ3n) is 6.58. The Morgan fingerprint density at radius 2 is 0.979 bits per heavy atom. The maximum atomic E-state index is 13.1. The van der Waals surface area contributed by atoms with Crippen LogP contribution in [0.3, 0.4) is 0 Å². The molecule has 0 radical (unpaired) electrons. The molecule has 2 atom stereocenters. The van der Waals surface area contributed by atoms with E-state index in [0.29, 0.717) is 0 Å². The molecule has 0 bridgehead atoms. The first-order valence-corrected chi connectivity index (χ1v) is 15.4. The molecule has 0 aliphatic rings. The topological polar surface area (TPSA) is 146 Å². The Hall–Kier alpha value is -5.19. The highest BCUT2D eigenvalue weighted by Crippen LogP contribution is 2.12. The molecule has 0 heterocycles. The fourth-order valence-electron chi connectivity index (χ4n) is 4.22. The van der Waals surface area contributed by atoms with Crippen molar-refractivity contribution in [2.75, 3.05) is 0 Å². The van der Waals surface area contributed by atoms with Gasteiger partial charge < -0.3 is 29.6 Å². The van der Waals surface area contributed by atoms with Crippen LogP contribution in [-0.4, -0.2) is 47.6 Å². The molecule has 3 rings (SSSR count). The fraction of sp³-hybridized carbons (Fsp3) is 0.361. The maximum Gasteiger partial charge on any atom is 0.408 e. The van der Waals surface area contributed by atoms with Crippen molar-refractivity contribution < 1.29 is 42.9 Å². The molecule has 0 saturated carbocycles. The lowest BCUT2D eigenvalue weighted by Crippen LogP contribution is -2.46. The van der Waals surface area contributed by atoms with Crippen LogP contribution in [0.1, 0.15) is 63.1 Å². The quantitative estimate of drug-likeness (QED) is 0.159. The second-order valence-electron chi connectivity index (χ2n) is 11.7. The first-order chi connectivity index (χ1) is 22.5. The number of carbonyl (C=O) groups excluding carboxylic acids is 5. The third-order valence-corrected chi connectivity index (χ3v) is 6.58. The van der Waals surface area contributed by atoms with Crippen molar-refractivity contribution in [3.8, 4) is 0 Å². The molecule has 11 nitrogen and oxygen atoms in total. The Bertz CT molecular complexity index is 1440. The number of ether oxygens (including phenoxy) is 4. The summed E-state index contributed by atoms with van der Waals surface area (Å²) in [7, 11) is 0. The number of esters is 3. The van der Waals surface area contributed by atoms with Crippen LogP contribution in [0.2, 0.25) is 0 Å². The number of benzene rings is 3. The van der Waals surface area contributed by atoms with E-state index in [-0.39, 0.29) is 45.5 Å². The summed E-state index contributed by atoms with van der Waals surface area (Å²) in [6.45, 7) is 5.04. The van der Waals surface area contributed by atoms with Gasteiger partial charge in [0.15, 0.2) is 0 Å². The molecule has 47 heavy (non-hydrogen) atoms. The largest absolute Gasteiger partial charge is 0.461 e. The SMILES string of the molecule is CC(C)(C)OC(=O)N[C@@H](CCC(=O)N[C@@H](CCC(=O)OCc1ccccc1)C(=O)OCc1ccccc1)C(=O)OCc1ccccc1. The summed E-state index contributed by atoms with van der Waals surface area (Å²) in [5, 5.41) is 5.09. The molecule has 11 heteroatoms. The lowest BCUT2D eigenvalue weighted by atomic mass is 10.1. The van der Waals surface area contributed by atoms with E-state index in [9.17, 15) is 24.0 Å². The Morgan fingerprint density at radius 1 is 0.574 bits per heavy atom. The Balaban J connectivity index is 1.62. The van der Waals surface area contributed by atoms with Crippen molar-refractivity contribution in [2.24, 2.45) is 0 Å². The van der Waals surface area contributed by atoms with Gasteiger partial charge in [0.2, 0.25) is 5.91 Å². The van der Waals surface area contributed by atoms with Gasteiger partial charge in [-0.1, -0.05) is 91.0 Å². The van der Waals surface area contributed by atoms with E-state index >= 15 is 0 Å². The van der Waals surface area contributed by atoms with Gasteiger partial charge in [-0.15, -0.1) is 0 Å². The summed E-state index contributed by atoms with van der Waals surface area (Å²) in [4.78, 5) is 64.1. The second kappa shape index (κ2) is 18.7. The van der Waals surface area contributed by atoms with Gasteiger partial charge in [0, 0.05) is 12.8 Å². The van der Waals surface area contributed by atoms with E-state index in [1.54, 1.807) is 69.3 Å². The first-order valence-electron chi connectivity index (χ1n) is 15.4. The van der Waals surface area contributed by atoms with Gasteiger partial charge in [0.1, 0.15) is 37.5 Å². The number of hydrogen-bond acceptors (Lipinski definition) is 9.